The molecule has 138 valence electrons. The molecule has 1 atom stereocenters. The molecule has 2 N–H and O–H groups in total. The van der Waals surface area contributed by atoms with Crippen molar-refractivity contribution in [2.45, 2.75) is 50.3 Å². The van der Waals surface area contributed by atoms with Gasteiger partial charge in [-0.15, -0.1) is 0 Å². The van der Waals surface area contributed by atoms with Gasteiger partial charge in [-0.05, 0) is 36.0 Å². The number of aliphatic hydroxyl groups is 1. The Morgan fingerprint density at radius 3 is 2.77 bits per heavy atom. The predicted molar refractivity (Wildman–Crippen MR) is 96.7 cm³/mol. The quantitative estimate of drug-likeness (QED) is 0.853. The van der Waals surface area contributed by atoms with Gasteiger partial charge in [-0.2, -0.15) is 5.10 Å². The van der Waals surface area contributed by atoms with Gasteiger partial charge in [0.05, 0.1) is 24.9 Å². The highest BCUT2D eigenvalue weighted by Gasteiger charge is 2.43. The first-order valence-electron chi connectivity index (χ1n) is 9.24. The highest BCUT2D eigenvalue weighted by Crippen LogP contribution is 2.33. The highest BCUT2D eigenvalue weighted by atomic mass is 16.5. The predicted octanol–water partition coefficient (Wildman–Crippen LogP) is 1.55. The Kier molecular flexibility index (Phi) is 4.54. The number of benzene rings is 1. The zero-order valence-electron chi connectivity index (χ0n) is 15.1. The molecule has 4 rings (SSSR count). The fourth-order valence-corrected chi connectivity index (χ4v) is 4.09. The van der Waals surface area contributed by atoms with Gasteiger partial charge >= 0.3 is 0 Å². The molecule has 2 aromatic rings. The summed E-state index contributed by atoms with van der Waals surface area (Å²) >= 11 is 0. The fourth-order valence-electron chi connectivity index (χ4n) is 4.09. The van der Waals surface area contributed by atoms with Crippen molar-refractivity contribution in [3.05, 3.63) is 52.8 Å². The number of hydrogen-bond acceptors (Lipinski definition) is 4. The van der Waals surface area contributed by atoms with Gasteiger partial charge in [0, 0.05) is 26.1 Å². The molecule has 1 aromatic carbocycles. The summed E-state index contributed by atoms with van der Waals surface area (Å²) in [5, 5.41) is 18.6. The van der Waals surface area contributed by atoms with Crippen LogP contribution in [0.15, 0.2) is 30.5 Å². The van der Waals surface area contributed by atoms with E-state index in [1.165, 1.54) is 5.56 Å². The largest absolute Gasteiger partial charge is 0.383 e. The summed E-state index contributed by atoms with van der Waals surface area (Å²) < 4.78 is 7.00. The number of fused-ring (bicyclic) bond motifs is 2. The molecule has 1 aromatic heterocycles. The lowest BCUT2D eigenvalue weighted by atomic mass is 9.92. The van der Waals surface area contributed by atoms with Gasteiger partial charge in [0.15, 0.2) is 5.60 Å². The summed E-state index contributed by atoms with van der Waals surface area (Å²) in [6, 6.07) is 7.72. The van der Waals surface area contributed by atoms with Crippen LogP contribution in [-0.2, 0) is 35.3 Å². The number of hydrogen-bond donors (Lipinski definition) is 2. The summed E-state index contributed by atoms with van der Waals surface area (Å²) in [4.78, 5) is 12.9. The molecule has 0 spiro atoms. The lowest BCUT2D eigenvalue weighted by Gasteiger charge is -2.27. The lowest BCUT2D eigenvalue weighted by Crippen LogP contribution is -2.49. The van der Waals surface area contributed by atoms with Crippen molar-refractivity contribution in [3.63, 3.8) is 0 Å². The van der Waals surface area contributed by atoms with Gasteiger partial charge in [0.25, 0.3) is 5.91 Å². The molecular formula is C20H25N3O3. The van der Waals surface area contributed by atoms with Crippen molar-refractivity contribution < 1.29 is 14.6 Å². The monoisotopic (exact) mass is 355 g/mol. The molecule has 0 saturated heterocycles. The van der Waals surface area contributed by atoms with E-state index in [9.17, 15) is 9.90 Å². The van der Waals surface area contributed by atoms with Crippen molar-refractivity contribution in [1.82, 2.24) is 15.1 Å². The number of amides is 1. The van der Waals surface area contributed by atoms with Gasteiger partial charge in [-0.3, -0.25) is 9.48 Å². The smallest absolute Gasteiger partial charge is 0.253 e. The van der Waals surface area contributed by atoms with Crippen LogP contribution in [-0.4, -0.2) is 40.1 Å². The minimum atomic E-state index is -1.36. The molecule has 2 aliphatic carbocycles. The summed E-state index contributed by atoms with van der Waals surface area (Å²) in [7, 11) is 1.67. The second-order valence-corrected chi connectivity index (χ2v) is 7.37. The topological polar surface area (TPSA) is 76.4 Å². The van der Waals surface area contributed by atoms with E-state index in [4.69, 9.17) is 4.74 Å². The second-order valence-electron chi connectivity index (χ2n) is 7.37. The lowest BCUT2D eigenvalue weighted by molar-refractivity contribution is -0.139. The molecule has 0 aliphatic heterocycles. The van der Waals surface area contributed by atoms with Crippen molar-refractivity contribution >= 4 is 5.91 Å². The number of rotatable bonds is 5. The number of aromatic nitrogens is 2. The van der Waals surface area contributed by atoms with Crippen LogP contribution in [0.2, 0.25) is 0 Å². The van der Waals surface area contributed by atoms with Gasteiger partial charge in [0.2, 0.25) is 0 Å². The third-order valence-corrected chi connectivity index (χ3v) is 5.48. The third-order valence-electron chi connectivity index (χ3n) is 5.48. The number of ether oxygens (including phenoxy) is 1. The second kappa shape index (κ2) is 6.85. The number of carbonyl (C=O) groups excluding carboxylic acids is 1. The molecular weight excluding hydrogens is 330 g/mol. The van der Waals surface area contributed by atoms with Gasteiger partial charge in [-0.25, -0.2) is 0 Å². The minimum absolute atomic E-state index is 0.136. The highest BCUT2D eigenvalue weighted by molar-refractivity contribution is 5.87. The average Bonchev–Trinajstić information content (AvgIpc) is 3.21. The van der Waals surface area contributed by atoms with Crippen LogP contribution in [0.3, 0.4) is 0 Å². The molecule has 2 aliphatic rings. The van der Waals surface area contributed by atoms with Gasteiger partial charge in [-0.1, -0.05) is 24.3 Å². The maximum atomic E-state index is 12.9. The van der Waals surface area contributed by atoms with E-state index in [1.54, 1.807) is 7.11 Å². The number of carbonyl (C=O) groups is 1. The molecule has 0 saturated carbocycles. The number of nitrogens with zero attached hydrogens (tertiary/aromatic N) is 2. The van der Waals surface area contributed by atoms with Crippen molar-refractivity contribution in [2.24, 2.45) is 0 Å². The van der Waals surface area contributed by atoms with Crippen LogP contribution < -0.4 is 5.32 Å². The maximum Gasteiger partial charge on any atom is 0.253 e. The van der Waals surface area contributed by atoms with Gasteiger partial charge < -0.3 is 15.2 Å². The molecule has 26 heavy (non-hydrogen) atoms. The number of methoxy groups -OCH3 is 1. The van der Waals surface area contributed by atoms with E-state index in [2.05, 4.69) is 10.4 Å². The first-order chi connectivity index (χ1) is 12.6. The Bertz CT molecular complexity index is 789. The van der Waals surface area contributed by atoms with Crippen LogP contribution in [0, 0.1) is 0 Å². The number of aryl methyl sites for hydroxylation is 1. The third kappa shape index (κ3) is 3.15. The average molecular weight is 355 g/mol. The van der Waals surface area contributed by atoms with E-state index in [1.807, 2.05) is 35.1 Å². The Labute approximate surface area is 153 Å². The Morgan fingerprint density at radius 1 is 1.35 bits per heavy atom. The van der Waals surface area contributed by atoms with E-state index < -0.39 is 5.60 Å². The molecule has 0 unspecified atom stereocenters. The van der Waals surface area contributed by atoms with Crippen molar-refractivity contribution in [3.8, 4) is 0 Å². The van der Waals surface area contributed by atoms with Crippen LogP contribution in [0.4, 0.5) is 0 Å². The van der Waals surface area contributed by atoms with Crippen LogP contribution in [0.1, 0.15) is 41.3 Å². The molecule has 1 amide bonds. The summed E-state index contributed by atoms with van der Waals surface area (Å²) in [5.41, 5.74) is 2.86. The van der Waals surface area contributed by atoms with E-state index in [0.29, 0.717) is 26.0 Å². The number of nitrogens with one attached hydrogen (secondary N) is 1. The minimum Gasteiger partial charge on any atom is -0.383 e. The Morgan fingerprint density at radius 2 is 2.08 bits per heavy atom. The van der Waals surface area contributed by atoms with E-state index >= 15 is 0 Å². The fraction of sp³-hybridized carbons (Fsp3) is 0.500. The van der Waals surface area contributed by atoms with Crippen LogP contribution in [0.5, 0.6) is 0 Å². The normalized spacial score (nSPS) is 20.5. The standard InChI is InChI=1S/C20H25N3O3/c1-26-10-9-23-13-16-7-4-8-17(18(16)22-23)21-19(24)20(25)11-14-5-2-3-6-15(14)12-20/h2-3,5-6,13,17,25H,4,7-12H2,1H3,(H,21,24)/t17-/m0/s1. The van der Waals surface area contributed by atoms with Crippen LogP contribution >= 0.6 is 0 Å². The summed E-state index contributed by atoms with van der Waals surface area (Å²) in [6.45, 7) is 1.30. The molecule has 6 heteroatoms. The zero-order chi connectivity index (χ0) is 18.1. The SMILES string of the molecule is COCCn1cc2c(n1)[C@@H](NC(=O)C1(O)Cc3ccccc3C1)CCC2. The first kappa shape index (κ1) is 17.2. The van der Waals surface area contributed by atoms with Crippen molar-refractivity contribution in [1.29, 1.82) is 0 Å². The van der Waals surface area contributed by atoms with Crippen LogP contribution in [0.25, 0.3) is 0 Å². The zero-order valence-corrected chi connectivity index (χ0v) is 15.1. The molecule has 6 nitrogen and oxygen atoms in total. The van der Waals surface area contributed by atoms with E-state index in [-0.39, 0.29) is 11.9 Å². The maximum absolute atomic E-state index is 12.9. The van der Waals surface area contributed by atoms with Crippen molar-refractivity contribution in [2.75, 3.05) is 13.7 Å². The van der Waals surface area contributed by atoms with Gasteiger partial charge in [0.1, 0.15) is 0 Å². The van der Waals surface area contributed by atoms with E-state index in [0.717, 1.165) is 36.1 Å². The molecule has 1 heterocycles. The Hall–Kier alpha value is -2.18. The molecule has 0 radical (unpaired) electrons. The summed E-state index contributed by atoms with van der Waals surface area (Å²) in [6.07, 6.45) is 5.63. The first-order valence-corrected chi connectivity index (χ1v) is 9.24. The molecule has 0 bridgehead atoms. The molecule has 0 fully saturated rings. The summed E-state index contributed by atoms with van der Waals surface area (Å²) in [5.74, 6) is -0.294. The Balaban J connectivity index is 1.48.